The summed E-state index contributed by atoms with van der Waals surface area (Å²) in [6, 6.07) is 15.6. The van der Waals surface area contributed by atoms with Gasteiger partial charge in [-0.15, -0.1) is 0 Å². The molecule has 2 bridgehead atoms. The van der Waals surface area contributed by atoms with Gasteiger partial charge in [-0.05, 0) is 24.6 Å². The highest BCUT2D eigenvalue weighted by Gasteiger charge is 2.60. The molecule has 4 heteroatoms. The molecule has 2 heterocycles. The molecule has 0 N–H and O–H groups in total. The van der Waals surface area contributed by atoms with Crippen molar-refractivity contribution in [2.24, 2.45) is 0 Å². The van der Waals surface area contributed by atoms with E-state index in [2.05, 4.69) is 13.0 Å². The van der Waals surface area contributed by atoms with Crippen molar-refractivity contribution in [2.45, 2.75) is 31.3 Å². The standard InChI is InChI=1S/C17H15ClO3/c1-11-14-8-3-4-9-15(14)17(19-16(11,2)20-21-17)12-6-5-7-13(18)10-12/h3-11H,1-2H3/t11?,16-,17+/m0/s1. The van der Waals surface area contributed by atoms with Crippen LogP contribution in [0.1, 0.15) is 36.5 Å². The Balaban J connectivity index is 1.99. The van der Waals surface area contributed by atoms with Gasteiger partial charge in [-0.3, -0.25) is 0 Å². The Hall–Kier alpha value is -1.39. The third-order valence-corrected chi connectivity index (χ3v) is 4.68. The van der Waals surface area contributed by atoms with Crippen molar-refractivity contribution in [3.63, 3.8) is 0 Å². The van der Waals surface area contributed by atoms with Gasteiger partial charge in [0.25, 0.3) is 5.79 Å². The van der Waals surface area contributed by atoms with Crippen molar-refractivity contribution >= 4 is 11.6 Å². The molecule has 4 rings (SSSR count). The molecule has 2 aromatic rings. The molecule has 1 saturated heterocycles. The fraction of sp³-hybridized carbons (Fsp3) is 0.294. The first-order chi connectivity index (χ1) is 10.1. The van der Waals surface area contributed by atoms with Crippen molar-refractivity contribution in [3.05, 3.63) is 70.2 Å². The molecule has 21 heavy (non-hydrogen) atoms. The third-order valence-electron chi connectivity index (χ3n) is 4.44. The monoisotopic (exact) mass is 302 g/mol. The Morgan fingerprint density at radius 1 is 1.05 bits per heavy atom. The lowest BCUT2D eigenvalue weighted by Gasteiger charge is -2.38. The molecule has 2 aliphatic rings. The van der Waals surface area contributed by atoms with Gasteiger partial charge in [0.1, 0.15) is 0 Å². The summed E-state index contributed by atoms with van der Waals surface area (Å²) in [7, 11) is 0. The Morgan fingerprint density at radius 3 is 2.67 bits per heavy atom. The maximum absolute atomic E-state index is 6.25. The average molecular weight is 303 g/mol. The van der Waals surface area contributed by atoms with Gasteiger partial charge in [0.2, 0.25) is 5.79 Å². The summed E-state index contributed by atoms with van der Waals surface area (Å²) in [6.45, 7) is 3.98. The van der Waals surface area contributed by atoms with E-state index in [1.165, 1.54) is 5.56 Å². The zero-order valence-corrected chi connectivity index (χ0v) is 12.6. The van der Waals surface area contributed by atoms with Crippen LogP contribution in [0.4, 0.5) is 0 Å². The number of hydrogen-bond acceptors (Lipinski definition) is 3. The topological polar surface area (TPSA) is 27.7 Å². The maximum atomic E-state index is 6.25. The molecule has 0 spiro atoms. The molecule has 0 amide bonds. The van der Waals surface area contributed by atoms with Crippen molar-refractivity contribution in [1.82, 2.24) is 0 Å². The predicted molar refractivity (Wildman–Crippen MR) is 78.7 cm³/mol. The molecule has 0 saturated carbocycles. The Morgan fingerprint density at radius 2 is 1.86 bits per heavy atom. The maximum Gasteiger partial charge on any atom is 0.257 e. The molecule has 0 aliphatic carbocycles. The molecule has 2 aliphatic heterocycles. The van der Waals surface area contributed by atoms with E-state index in [0.717, 1.165) is 11.1 Å². The minimum atomic E-state index is -1.05. The first-order valence-corrected chi connectivity index (χ1v) is 7.35. The zero-order chi connectivity index (χ0) is 14.7. The summed E-state index contributed by atoms with van der Waals surface area (Å²) < 4.78 is 6.25. The lowest BCUT2D eigenvalue weighted by molar-refractivity contribution is -0.342. The molecule has 3 nitrogen and oxygen atoms in total. The number of hydrogen-bond donors (Lipinski definition) is 0. The second kappa shape index (κ2) is 4.31. The summed E-state index contributed by atoms with van der Waals surface area (Å²) in [5.74, 6) is -1.79. The second-order valence-electron chi connectivity index (χ2n) is 5.72. The van der Waals surface area contributed by atoms with Crippen LogP contribution in [0.2, 0.25) is 5.02 Å². The quantitative estimate of drug-likeness (QED) is 0.733. The normalized spacial score (nSPS) is 33.8. The first kappa shape index (κ1) is 13.3. The lowest BCUT2D eigenvalue weighted by Crippen LogP contribution is -2.43. The molecular formula is C17H15ClO3. The smallest absolute Gasteiger partial charge is 0.257 e. The molecule has 108 valence electrons. The van der Waals surface area contributed by atoms with E-state index >= 15 is 0 Å². The summed E-state index contributed by atoms with van der Waals surface area (Å²) in [5.41, 5.74) is 2.97. The minimum Gasteiger partial charge on any atom is -0.304 e. The molecule has 1 unspecified atom stereocenters. The van der Waals surface area contributed by atoms with Crippen LogP contribution in [0.3, 0.4) is 0 Å². The van der Waals surface area contributed by atoms with Gasteiger partial charge in [0, 0.05) is 22.1 Å². The summed E-state index contributed by atoms with van der Waals surface area (Å²) in [6.07, 6.45) is 0. The van der Waals surface area contributed by atoms with Gasteiger partial charge in [-0.25, -0.2) is 0 Å². The summed E-state index contributed by atoms with van der Waals surface area (Å²) in [5, 5.41) is 0.638. The van der Waals surface area contributed by atoms with Gasteiger partial charge >= 0.3 is 0 Å². The summed E-state index contributed by atoms with van der Waals surface area (Å²) in [4.78, 5) is 11.3. The van der Waals surface area contributed by atoms with Crippen LogP contribution in [0.5, 0.6) is 0 Å². The van der Waals surface area contributed by atoms with Crippen LogP contribution in [-0.4, -0.2) is 5.79 Å². The van der Waals surface area contributed by atoms with Gasteiger partial charge in [-0.2, -0.15) is 9.78 Å². The number of rotatable bonds is 1. The molecule has 0 aromatic heterocycles. The van der Waals surface area contributed by atoms with Crippen molar-refractivity contribution in [2.75, 3.05) is 0 Å². The highest BCUT2D eigenvalue weighted by Crippen LogP contribution is 2.56. The Bertz CT molecular complexity index is 717. The van der Waals surface area contributed by atoms with Crippen LogP contribution >= 0.6 is 11.6 Å². The minimum absolute atomic E-state index is 0.0727. The Labute approximate surface area is 128 Å². The van der Waals surface area contributed by atoms with E-state index in [9.17, 15) is 0 Å². The molecule has 2 aromatic carbocycles. The fourth-order valence-corrected chi connectivity index (χ4v) is 3.32. The number of benzene rings is 2. The molecule has 0 radical (unpaired) electrons. The van der Waals surface area contributed by atoms with E-state index in [-0.39, 0.29) is 5.92 Å². The Kier molecular flexibility index (Phi) is 2.72. The van der Waals surface area contributed by atoms with Crippen LogP contribution in [-0.2, 0) is 20.3 Å². The fourth-order valence-electron chi connectivity index (χ4n) is 3.13. The predicted octanol–water partition coefficient (Wildman–Crippen LogP) is 4.35. The van der Waals surface area contributed by atoms with Crippen LogP contribution in [0, 0.1) is 0 Å². The van der Waals surface area contributed by atoms with Crippen molar-refractivity contribution in [1.29, 1.82) is 0 Å². The summed E-state index contributed by atoms with van der Waals surface area (Å²) >= 11 is 6.14. The van der Waals surface area contributed by atoms with Crippen molar-refractivity contribution in [3.8, 4) is 0 Å². The van der Waals surface area contributed by atoms with Gasteiger partial charge in [-0.1, -0.05) is 54.9 Å². The molecule has 1 fully saturated rings. The van der Waals surface area contributed by atoms with E-state index in [1.54, 1.807) is 0 Å². The lowest BCUT2D eigenvalue weighted by atomic mass is 9.81. The zero-order valence-electron chi connectivity index (χ0n) is 11.8. The van der Waals surface area contributed by atoms with Gasteiger partial charge in [0.05, 0.1) is 0 Å². The highest BCUT2D eigenvalue weighted by atomic mass is 35.5. The second-order valence-corrected chi connectivity index (χ2v) is 6.16. The van der Waals surface area contributed by atoms with Crippen molar-refractivity contribution < 1.29 is 14.5 Å². The molecular weight excluding hydrogens is 288 g/mol. The van der Waals surface area contributed by atoms with Crippen LogP contribution < -0.4 is 0 Å². The van der Waals surface area contributed by atoms with E-state index in [1.807, 2.05) is 49.4 Å². The highest BCUT2D eigenvalue weighted by molar-refractivity contribution is 6.30. The number of halogens is 1. The van der Waals surface area contributed by atoms with E-state index < -0.39 is 11.6 Å². The van der Waals surface area contributed by atoms with Crippen LogP contribution in [0.15, 0.2) is 48.5 Å². The first-order valence-electron chi connectivity index (χ1n) is 6.98. The van der Waals surface area contributed by atoms with Crippen LogP contribution in [0.25, 0.3) is 0 Å². The average Bonchev–Trinajstić information content (AvgIpc) is 2.83. The largest absolute Gasteiger partial charge is 0.304 e. The number of fused-ring (bicyclic) bond motifs is 4. The van der Waals surface area contributed by atoms with Gasteiger partial charge in [0.15, 0.2) is 0 Å². The third kappa shape index (κ3) is 1.72. The molecule has 3 atom stereocenters. The van der Waals surface area contributed by atoms with E-state index in [4.69, 9.17) is 26.1 Å². The number of ether oxygens (including phenoxy) is 1. The van der Waals surface area contributed by atoms with E-state index in [0.29, 0.717) is 5.02 Å². The van der Waals surface area contributed by atoms with Gasteiger partial charge < -0.3 is 4.74 Å². The SMILES string of the molecule is CC1c2ccccc2[C@@]2(c3cccc(Cl)c3)OO[C@]1(C)O2.